The zero-order valence-corrected chi connectivity index (χ0v) is 10.0. The van der Waals surface area contributed by atoms with Crippen LogP contribution in [-0.2, 0) is 0 Å². The SMILES string of the molecule is Nc1nccc2c1ncn2[C@@H]1C=C(CO)[C@@H](O)[C@@H]1O. The molecule has 2 aromatic heterocycles. The van der Waals surface area contributed by atoms with E-state index in [2.05, 4.69) is 9.97 Å². The van der Waals surface area contributed by atoms with Gasteiger partial charge in [-0.25, -0.2) is 9.97 Å². The first-order chi connectivity index (χ1) is 9.13. The summed E-state index contributed by atoms with van der Waals surface area (Å²) >= 11 is 0. The van der Waals surface area contributed by atoms with Crippen LogP contribution in [0.15, 0.2) is 30.2 Å². The van der Waals surface area contributed by atoms with Gasteiger partial charge in [0.05, 0.1) is 24.5 Å². The normalized spacial score (nSPS) is 26.9. The summed E-state index contributed by atoms with van der Waals surface area (Å²) in [5.41, 5.74) is 7.41. The topological polar surface area (TPSA) is 117 Å². The second kappa shape index (κ2) is 4.30. The predicted molar refractivity (Wildman–Crippen MR) is 68.2 cm³/mol. The van der Waals surface area contributed by atoms with Gasteiger partial charge < -0.3 is 25.6 Å². The van der Waals surface area contributed by atoms with E-state index in [0.717, 1.165) is 5.52 Å². The summed E-state index contributed by atoms with van der Waals surface area (Å²) in [6.07, 6.45) is 2.66. The van der Waals surface area contributed by atoms with Gasteiger partial charge in [-0.1, -0.05) is 6.08 Å². The number of rotatable bonds is 2. The summed E-state index contributed by atoms with van der Waals surface area (Å²) in [5, 5.41) is 29.0. The molecule has 1 aliphatic rings. The first-order valence-electron chi connectivity index (χ1n) is 5.88. The Labute approximate surface area is 108 Å². The molecule has 0 saturated heterocycles. The van der Waals surface area contributed by atoms with E-state index < -0.39 is 18.2 Å². The van der Waals surface area contributed by atoms with Crippen molar-refractivity contribution in [2.24, 2.45) is 0 Å². The molecular formula is C12H14N4O3. The maximum absolute atomic E-state index is 10.1. The summed E-state index contributed by atoms with van der Waals surface area (Å²) in [5.74, 6) is 0.315. The third kappa shape index (κ3) is 1.71. The zero-order valence-electron chi connectivity index (χ0n) is 10.0. The van der Waals surface area contributed by atoms with Crippen molar-refractivity contribution in [1.29, 1.82) is 0 Å². The van der Waals surface area contributed by atoms with E-state index in [1.54, 1.807) is 29.2 Å². The number of anilines is 1. The molecule has 0 unspecified atom stereocenters. The fourth-order valence-corrected chi connectivity index (χ4v) is 2.43. The number of nitrogen functional groups attached to an aromatic ring is 1. The van der Waals surface area contributed by atoms with Gasteiger partial charge in [0.2, 0.25) is 0 Å². The van der Waals surface area contributed by atoms with Crippen LogP contribution in [0.1, 0.15) is 6.04 Å². The van der Waals surface area contributed by atoms with Crippen molar-refractivity contribution in [3.05, 3.63) is 30.2 Å². The Kier molecular flexibility index (Phi) is 2.74. The Balaban J connectivity index is 2.11. The first-order valence-corrected chi connectivity index (χ1v) is 5.88. The van der Waals surface area contributed by atoms with E-state index >= 15 is 0 Å². The highest BCUT2D eigenvalue weighted by molar-refractivity contribution is 5.84. The molecule has 5 N–H and O–H groups in total. The number of imidazole rings is 1. The van der Waals surface area contributed by atoms with Gasteiger partial charge in [0.1, 0.15) is 17.7 Å². The van der Waals surface area contributed by atoms with Gasteiger partial charge in [-0.3, -0.25) is 0 Å². The smallest absolute Gasteiger partial charge is 0.151 e. The zero-order chi connectivity index (χ0) is 13.6. The molecule has 3 atom stereocenters. The summed E-state index contributed by atoms with van der Waals surface area (Å²) in [6, 6.07) is 1.26. The number of nitrogens with zero attached hydrogens (tertiary/aromatic N) is 3. The van der Waals surface area contributed by atoms with E-state index in [0.29, 0.717) is 16.9 Å². The second-order valence-electron chi connectivity index (χ2n) is 4.54. The highest BCUT2D eigenvalue weighted by Crippen LogP contribution is 2.32. The number of pyridine rings is 1. The minimum Gasteiger partial charge on any atom is -0.392 e. The lowest BCUT2D eigenvalue weighted by atomic mass is 10.1. The third-order valence-electron chi connectivity index (χ3n) is 3.46. The molecule has 7 heteroatoms. The molecule has 7 nitrogen and oxygen atoms in total. The van der Waals surface area contributed by atoms with Crippen molar-refractivity contribution in [2.45, 2.75) is 18.2 Å². The quantitative estimate of drug-likeness (QED) is 0.527. The van der Waals surface area contributed by atoms with Crippen LogP contribution in [0.2, 0.25) is 0 Å². The number of aromatic nitrogens is 3. The number of aliphatic hydroxyl groups is 3. The molecule has 0 amide bonds. The molecular weight excluding hydrogens is 248 g/mol. The fourth-order valence-electron chi connectivity index (χ4n) is 2.43. The number of nitrogens with two attached hydrogens (primary N) is 1. The van der Waals surface area contributed by atoms with Gasteiger partial charge in [-0.15, -0.1) is 0 Å². The summed E-state index contributed by atoms with van der Waals surface area (Å²) in [4.78, 5) is 8.11. The molecule has 0 aromatic carbocycles. The molecule has 0 spiro atoms. The van der Waals surface area contributed by atoms with Crippen molar-refractivity contribution >= 4 is 16.9 Å². The monoisotopic (exact) mass is 262 g/mol. The molecule has 0 fully saturated rings. The average molecular weight is 262 g/mol. The van der Waals surface area contributed by atoms with Gasteiger partial charge in [-0.2, -0.15) is 0 Å². The minimum atomic E-state index is -1.06. The van der Waals surface area contributed by atoms with Crippen LogP contribution >= 0.6 is 0 Å². The Morgan fingerprint density at radius 1 is 1.32 bits per heavy atom. The standard InChI is InChI=1S/C12H14N4O3/c13-12-9-7(1-2-14-12)16(5-15-9)8-3-6(4-17)10(18)11(8)19/h1-3,5,8,10-11,17-19H,4H2,(H2,13,14)/t8-,10-,11-/m1/s1. The summed E-state index contributed by atoms with van der Waals surface area (Å²) < 4.78 is 1.71. The molecule has 0 aliphatic heterocycles. The largest absolute Gasteiger partial charge is 0.392 e. The van der Waals surface area contributed by atoms with Gasteiger partial charge in [0.25, 0.3) is 0 Å². The number of hydrogen-bond acceptors (Lipinski definition) is 6. The maximum Gasteiger partial charge on any atom is 0.151 e. The lowest BCUT2D eigenvalue weighted by molar-refractivity contribution is 0.0288. The second-order valence-corrected chi connectivity index (χ2v) is 4.54. The molecule has 19 heavy (non-hydrogen) atoms. The Hall–Kier alpha value is -1.96. The molecule has 0 radical (unpaired) electrons. The molecule has 2 heterocycles. The Bertz CT molecular complexity index is 651. The van der Waals surface area contributed by atoms with Crippen LogP contribution in [0.3, 0.4) is 0 Å². The highest BCUT2D eigenvalue weighted by Gasteiger charge is 2.35. The van der Waals surface area contributed by atoms with Crippen molar-refractivity contribution in [2.75, 3.05) is 12.3 Å². The molecule has 100 valence electrons. The van der Waals surface area contributed by atoms with E-state index in [1.165, 1.54) is 0 Å². The van der Waals surface area contributed by atoms with Crippen LogP contribution in [0.25, 0.3) is 11.0 Å². The van der Waals surface area contributed by atoms with Crippen LogP contribution < -0.4 is 5.73 Å². The van der Waals surface area contributed by atoms with E-state index in [9.17, 15) is 10.2 Å². The lowest BCUT2D eigenvalue weighted by Crippen LogP contribution is -2.29. The molecule has 3 rings (SSSR count). The molecule has 0 bridgehead atoms. The number of aliphatic hydroxyl groups excluding tert-OH is 3. The fraction of sp³-hybridized carbons (Fsp3) is 0.333. The van der Waals surface area contributed by atoms with Gasteiger partial charge >= 0.3 is 0 Å². The van der Waals surface area contributed by atoms with Crippen LogP contribution in [0.4, 0.5) is 5.82 Å². The van der Waals surface area contributed by atoms with Gasteiger partial charge in [0.15, 0.2) is 5.82 Å². The van der Waals surface area contributed by atoms with Crippen molar-refractivity contribution in [3.63, 3.8) is 0 Å². The van der Waals surface area contributed by atoms with E-state index in [1.807, 2.05) is 0 Å². The molecule has 1 aliphatic carbocycles. The van der Waals surface area contributed by atoms with Crippen molar-refractivity contribution in [1.82, 2.24) is 14.5 Å². The molecule has 2 aromatic rings. The average Bonchev–Trinajstić information content (AvgIpc) is 2.94. The van der Waals surface area contributed by atoms with Crippen molar-refractivity contribution in [3.8, 4) is 0 Å². The van der Waals surface area contributed by atoms with Crippen LogP contribution in [0, 0.1) is 0 Å². The Morgan fingerprint density at radius 3 is 2.79 bits per heavy atom. The van der Waals surface area contributed by atoms with Crippen molar-refractivity contribution < 1.29 is 15.3 Å². The number of hydrogen-bond donors (Lipinski definition) is 4. The lowest BCUT2D eigenvalue weighted by Gasteiger charge is -2.19. The van der Waals surface area contributed by atoms with E-state index in [-0.39, 0.29) is 6.61 Å². The van der Waals surface area contributed by atoms with E-state index in [4.69, 9.17) is 10.8 Å². The number of fused-ring (bicyclic) bond motifs is 1. The Morgan fingerprint density at radius 2 is 2.11 bits per heavy atom. The third-order valence-corrected chi connectivity index (χ3v) is 3.46. The first kappa shape index (κ1) is 12.1. The maximum atomic E-state index is 10.1. The predicted octanol–water partition coefficient (Wildman–Crippen LogP) is -0.791. The minimum absolute atomic E-state index is 0.287. The van der Waals surface area contributed by atoms with Gasteiger partial charge in [0, 0.05) is 6.20 Å². The summed E-state index contributed by atoms with van der Waals surface area (Å²) in [7, 11) is 0. The highest BCUT2D eigenvalue weighted by atomic mass is 16.3. The van der Waals surface area contributed by atoms with Crippen LogP contribution in [-0.4, -0.2) is 48.7 Å². The van der Waals surface area contributed by atoms with Gasteiger partial charge in [-0.05, 0) is 11.6 Å². The van der Waals surface area contributed by atoms with Crippen LogP contribution in [0.5, 0.6) is 0 Å². The molecule has 0 saturated carbocycles. The summed E-state index contributed by atoms with van der Waals surface area (Å²) in [6.45, 7) is -0.287.